The van der Waals surface area contributed by atoms with E-state index in [1.807, 2.05) is 0 Å². The summed E-state index contributed by atoms with van der Waals surface area (Å²) in [7, 11) is 0. The maximum Gasteiger partial charge on any atom is 0.303 e. The monoisotopic (exact) mass is 167 g/mol. The van der Waals surface area contributed by atoms with Crippen molar-refractivity contribution in [1.82, 2.24) is 0 Å². The van der Waals surface area contributed by atoms with Crippen molar-refractivity contribution in [3.05, 3.63) is 0 Å². The molecule has 1 radical (unpaired) electrons. The Labute approximate surface area is 65.3 Å². The van der Waals surface area contributed by atoms with Crippen LogP contribution in [0.4, 0.5) is 0 Å². The standard InChI is InChI=1S/C5H8O3.V/c1-4(6)2-3-5(7)8;/h2-3H2,1H3,(H,7,8);. The summed E-state index contributed by atoms with van der Waals surface area (Å²) in [5.41, 5.74) is 0. The van der Waals surface area contributed by atoms with Crippen LogP contribution in [0.2, 0.25) is 0 Å². The summed E-state index contributed by atoms with van der Waals surface area (Å²) in [4.78, 5) is 19.8. The quantitative estimate of drug-likeness (QED) is 0.663. The molecule has 0 saturated heterocycles. The Bertz CT molecular complexity index is 96.8. The predicted octanol–water partition coefficient (Wildman–Crippen LogP) is 0.438. The summed E-state index contributed by atoms with van der Waals surface area (Å²) < 4.78 is 0. The van der Waals surface area contributed by atoms with Crippen LogP contribution >= 0.6 is 0 Å². The average molecular weight is 167 g/mol. The first-order valence-electron chi connectivity index (χ1n) is 2.34. The van der Waals surface area contributed by atoms with Gasteiger partial charge in [0.1, 0.15) is 5.78 Å². The molecule has 3 nitrogen and oxygen atoms in total. The molecule has 0 unspecified atom stereocenters. The third-order valence-corrected chi connectivity index (χ3v) is 0.691. The van der Waals surface area contributed by atoms with Crippen molar-refractivity contribution in [3.63, 3.8) is 0 Å². The van der Waals surface area contributed by atoms with E-state index in [4.69, 9.17) is 5.11 Å². The fraction of sp³-hybridized carbons (Fsp3) is 0.600. The SMILES string of the molecule is CC(=O)CCC(=O)O.[V]. The Morgan fingerprint density at radius 1 is 1.33 bits per heavy atom. The molecule has 0 aliphatic carbocycles. The molecule has 0 rings (SSSR count). The van der Waals surface area contributed by atoms with E-state index < -0.39 is 5.97 Å². The Kier molecular flexibility index (Phi) is 7.49. The molecule has 0 atom stereocenters. The topological polar surface area (TPSA) is 54.4 Å². The van der Waals surface area contributed by atoms with Gasteiger partial charge in [-0.05, 0) is 6.92 Å². The second-order valence-corrected chi connectivity index (χ2v) is 1.60. The molecule has 0 spiro atoms. The van der Waals surface area contributed by atoms with Crippen molar-refractivity contribution >= 4 is 11.8 Å². The molecule has 1 N–H and O–H groups in total. The first-order chi connectivity index (χ1) is 3.63. The second-order valence-electron chi connectivity index (χ2n) is 1.60. The number of carboxylic acids is 1. The van der Waals surface area contributed by atoms with Crippen molar-refractivity contribution in [1.29, 1.82) is 0 Å². The van der Waals surface area contributed by atoms with E-state index in [1.54, 1.807) is 0 Å². The normalized spacial score (nSPS) is 7.67. The summed E-state index contributed by atoms with van der Waals surface area (Å²) in [5.74, 6) is -0.993. The summed E-state index contributed by atoms with van der Waals surface area (Å²) >= 11 is 0. The zero-order chi connectivity index (χ0) is 6.57. The van der Waals surface area contributed by atoms with Gasteiger partial charge in [0.05, 0.1) is 6.42 Å². The number of hydrogen-bond donors (Lipinski definition) is 1. The Hall–Kier alpha value is -0.276. The van der Waals surface area contributed by atoms with Crippen molar-refractivity contribution in [2.45, 2.75) is 19.8 Å². The van der Waals surface area contributed by atoms with E-state index in [2.05, 4.69) is 0 Å². The van der Waals surface area contributed by atoms with Gasteiger partial charge in [0.2, 0.25) is 0 Å². The second kappa shape index (κ2) is 5.85. The number of aliphatic carboxylic acids is 1. The van der Waals surface area contributed by atoms with Crippen molar-refractivity contribution in [2.24, 2.45) is 0 Å². The predicted molar refractivity (Wildman–Crippen MR) is 27.6 cm³/mol. The van der Waals surface area contributed by atoms with Gasteiger partial charge in [0.25, 0.3) is 0 Å². The third kappa shape index (κ3) is 11.3. The molecule has 4 heteroatoms. The number of Topliss-reactive ketones (excluding diaryl/α,β-unsaturated/α-hetero) is 1. The smallest absolute Gasteiger partial charge is 0.303 e. The Balaban J connectivity index is 0. The van der Waals surface area contributed by atoms with Crippen LogP contribution in [0.3, 0.4) is 0 Å². The molecule has 51 valence electrons. The fourth-order valence-electron chi connectivity index (χ4n) is 0.283. The molecule has 0 bridgehead atoms. The zero-order valence-electron chi connectivity index (χ0n) is 5.13. The third-order valence-electron chi connectivity index (χ3n) is 0.691. The Morgan fingerprint density at radius 2 is 1.78 bits per heavy atom. The van der Waals surface area contributed by atoms with Gasteiger partial charge in [-0.3, -0.25) is 4.79 Å². The van der Waals surface area contributed by atoms with Gasteiger partial charge in [-0.15, -0.1) is 0 Å². The maximum absolute atomic E-state index is 10.1. The van der Waals surface area contributed by atoms with Crippen molar-refractivity contribution in [3.8, 4) is 0 Å². The van der Waals surface area contributed by atoms with Crippen LogP contribution in [0.5, 0.6) is 0 Å². The molecule has 0 aromatic rings. The van der Waals surface area contributed by atoms with Crippen LogP contribution in [0, 0.1) is 0 Å². The minimum Gasteiger partial charge on any atom is -0.481 e. The van der Waals surface area contributed by atoms with Crippen LogP contribution in [0.1, 0.15) is 19.8 Å². The molecular weight excluding hydrogens is 159 g/mol. The van der Waals surface area contributed by atoms with Gasteiger partial charge in [-0.25, -0.2) is 0 Å². The Morgan fingerprint density at radius 3 is 1.89 bits per heavy atom. The van der Waals surface area contributed by atoms with Gasteiger partial charge < -0.3 is 9.90 Å². The summed E-state index contributed by atoms with van der Waals surface area (Å²) in [6.45, 7) is 1.38. The number of rotatable bonds is 3. The van der Waals surface area contributed by atoms with E-state index in [9.17, 15) is 9.59 Å². The minimum absolute atomic E-state index is 0. The van der Waals surface area contributed by atoms with Crippen molar-refractivity contribution < 1.29 is 33.3 Å². The van der Waals surface area contributed by atoms with E-state index >= 15 is 0 Å². The average Bonchev–Trinajstić information content (AvgIpc) is 1.61. The number of carbonyl (C=O) groups excluding carboxylic acids is 1. The molecular formula is C5H8O3V. The van der Waals surface area contributed by atoms with Crippen LogP contribution in [0.15, 0.2) is 0 Å². The minimum atomic E-state index is -0.916. The first kappa shape index (κ1) is 11.5. The zero-order valence-corrected chi connectivity index (χ0v) is 6.52. The molecule has 9 heavy (non-hydrogen) atoms. The van der Waals surface area contributed by atoms with Crippen molar-refractivity contribution in [2.75, 3.05) is 0 Å². The van der Waals surface area contributed by atoms with Gasteiger partial charge in [-0.2, -0.15) is 0 Å². The van der Waals surface area contributed by atoms with E-state index in [0.29, 0.717) is 0 Å². The van der Waals surface area contributed by atoms with Gasteiger partial charge >= 0.3 is 5.97 Å². The van der Waals surface area contributed by atoms with E-state index in [0.717, 1.165) is 0 Å². The summed E-state index contributed by atoms with van der Waals surface area (Å²) in [6.07, 6.45) is 0.102. The molecule has 0 aliphatic heterocycles. The van der Waals surface area contributed by atoms with Gasteiger partial charge in [-0.1, -0.05) is 0 Å². The maximum atomic E-state index is 10.1. The molecule has 0 fully saturated rings. The molecule has 0 saturated carbocycles. The fourth-order valence-corrected chi connectivity index (χ4v) is 0.283. The molecule has 0 heterocycles. The molecule has 0 aromatic heterocycles. The summed E-state index contributed by atoms with van der Waals surface area (Å²) in [5, 5.41) is 8.01. The van der Waals surface area contributed by atoms with Gasteiger partial charge in [0.15, 0.2) is 0 Å². The number of ketones is 1. The largest absolute Gasteiger partial charge is 0.481 e. The molecule has 0 aromatic carbocycles. The summed E-state index contributed by atoms with van der Waals surface area (Å²) in [6, 6.07) is 0. The number of carbonyl (C=O) groups is 2. The van der Waals surface area contributed by atoms with Crippen LogP contribution < -0.4 is 0 Å². The molecule has 0 amide bonds. The van der Waals surface area contributed by atoms with E-state index in [1.165, 1.54) is 6.92 Å². The van der Waals surface area contributed by atoms with Crippen LogP contribution in [-0.4, -0.2) is 16.9 Å². The van der Waals surface area contributed by atoms with Crippen LogP contribution in [-0.2, 0) is 28.1 Å². The molecule has 0 aliphatic rings. The number of carboxylic acid groups (broad SMARTS) is 1. The van der Waals surface area contributed by atoms with E-state index in [-0.39, 0.29) is 37.2 Å². The number of hydrogen-bond acceptors (Lipinski definition) is 2. The van der Waals surface area contributed by atoms with Crippen LogP contribution in [0.25, 0.3) is 0 Å². The van der Waals surface area contributed by atoms with Gasteiger partial charge in [0, 0.05) is 25.0 Å². The first-order valence-corrected chi connectivity index (χ1v) is 2.34.